The summed E-state index contributed by atoms with van der Waals surface area (Å²) in [7, 11) is 0. The first kappa shape index (κ1) is 13.0. The SMILES string of the molecule is NN=Cc1ccccc1COc1ccc(F)cc1F. The Morgan fingerprint density at radius 1 is 1.16 bits per heavy atom. The lowest BCUT2D eigenvalue weighted by Crippen LogP contribution is -2.01. The zero-order valence-corrected chi connectivity index (χ0v) is 10.0. The van der Waals surface area contributed by atoms with Crippen LogP contribution < -0.4 is 10.6 Å². The maximum absolute atomic E-state index is 13.4. The van der Waals surface area contributed by atoms with Gasteiger partial charge in [-0.3, -0.25) is 0 Å². The van der Waals surface area contributed by atoms with Gasteiger partial charge < -0.3 is 10.6 Å². The van der Waals surface area contributed by atoms with Crippen LogP contribution in [0.2, 0.25) is 0 Å². The molecular weight excluding hydrogens is 250 g/mol. The molecule has 5 heteroatoms. The summed E-state index contributed by atoms with van der Waals surface area (Å²) in [4.78, 5) is 0. The van der Waals surface area contributed by atoms with Gasteiger partial charge in [-0.1, -0.05) is 24.3 Å². The van der Waals surface area contributed by atoms with Gasteiger partial charge in [-0.25, -0.2) is 8.78 Å². The first-order valence-corrected chi connectivity index (χ1v) is 5.59. The van der Waals surface area contributed by atoms with Gasteiger partial charge in [-0.15, -0.1) is 0 Å². The third kappa shape index (κ3) is 3.28. The quantitative estimate of drug-likeness (QED) is 0.523. The van der Waals surface area contributed by atoms with Crippen molar-refractivity contribution in [1.29, 1.82) is 0 Å². The second-order valence-electron chi connectivity index (χ2n) is 3.84. The van der Waals surface area contributed by atoms with Crippen molar-refractivity contribution in [3.63, 3.8) is 0 Å². The highest BCUT2D eigenvalue weighted by Gasteiger charge is 2.06. The topological polar surface area (TPSA) is 47.6 Å². The fourth-order valence-electron chi connectivity index (χ4n) is 1.62. The highest BCUT2D eigenvalue weighted by atomic mass is 19.1. The predicted octanol–water partition coefficient (Wildman–Crippen LogP) is 2.84. The molecule has 2 N–H and O–H groups in total. The molecule has 2 aromatic carbocycles. The van der Waals surface area contributed by atoms with Crippen molar-refractivity contribution in [2.45, 2.75) is 6.61 Å². The van der Waals surface area contributed by atoms with Crippen LogP contribution in [0.4, 0.5) is 8.78 Å². The second-order valence-corrected chi connectivity index (χ2v) is 3.84. The van der Waals surface area contributed by atoms with Crippen LogP contribution in [-0.2, 0) is 6.61 Å². The van der Waals surface area contributed by atoms with E-state index >= 15 is 0 Å². The molecule has 0 fully saturated rings. The lowest BCUT2D eigenvalue weighted by Gasteiger charge is -2.09. The third-order valence-corrected chi connectivity index (χ3v) is 2.55. The minimum atomic E-state index is -0.732. The summed E-state index contributed by atoms with van der Waals surface area (Å²) in [6, 6.07) is 10.5. The number of hydrogen-bond donors (Lipinski definition) is 1. The summed E-state index contributed by atoms with van der Waals surface area (Å²) in [5, 5.41) is 3.45. The van der Waals surface area contributed by atoms with Gasteiger partial charge in [-0.2, -0.15) is 5.10 Å². The van der Waals surface area contributed by atoms with Gasteiger partial charge in [0.15, 0.2) is 11.6 Å². The van der Waals surface area contributed by atoms with E-state index in [1.807, 2.05) is 24.3 Å². The smallest absolute Gasteiger partial charge is 0.167 e. The molecule has 98 valence electrons. The van der Waals surface area contributed by atoms with Gasteiger partial charge in [0.1, 0.15) is 12.4 Å². The average Bonchev–Trinajstić information content (AvgIpc) is 2.40. The Hall–Kier alpha value is -2.43. The standard InChI is InChI=1S/C14H12F2N2O/c15-12-5-6-14(13(16)7-12)19-9-11-4-2-1-3-10(11)8-18-17/h1-8H,9,17H2. The van der Waals surface area contributed by atoms with Crippen molar-refractivity contribution in [3.8, 4) is 5.75 Å². The molecule has 0 bridgehead atoms. The number of benzene rings is 2. The minimum Gasteiger partial charge on any atom is -0.486 e. The molecule has 0 radical (unpaired) electrons. The largest absolute Gasteiger partial charge is 0.486 e. The summed E-state index contributed by atoms with van der Waals surface area (Å²) < 4.78 is 31.5. The molecule has 0 saturated carbocycles. The van der Waals surface area contributed by atoms with Gasteiger partial charge >= 0.3 is 0 Å². The van der Waals surface area contributed by atoms with Crippen LogP contribution in [0.25, 0.3) is 0 Å². The summed E-state index contributed by atoms with van der Waals surface area (Å²) in [6.45, 7) is 0.144. The van der Waals surface area contributed by atoms with E-state index in [9.17, 15) is 8.78 Å². The molecule has 0 saturated heterocycles. The number of nitrogens with zero attached hydrogens (tertiary/aromatic N) is 1. The molecule has 0 amide bonds. The summed E-state index contributed by atoms with van der Waals surface area (Å²) >= 11 is 0. The third-order valence-electron chi connectivity index (χ3n) is 2.55. The van der Waals surface area contributed by atoms with Crippen molar-refractivity contribution in [1.82, 2.24) is 0 Å². The highest BCUT2D eigenvalue weighted by Crippen LogP contribution is 2.19. The van der Waals surface area contributed by atoms with Crippen LogP contribution in [-0.4, -0.2) is 6.21 Å². The molecule has 0 aliphatic rings. The zero-order valence-electron chi connectivity index (χ0n) is 10.0. The molecule has 2 rings (SSSR count). The highest BCUT2D eigenvalue weighted by molar-refractivity contribution is 5.81. The Kier molecular flexibility index (Phi) is 4.07. The molecule has 0 spiro atoms. The molecule has 0 heterocycles. The van der Waals surface area contributed by atoms with E-state index in [1.165, 1.54) is 12.3 Å². The van der Waals surface area contributed by atoms with Crippen molar-refractivity contribution in [3.05, 3.63) is 65.2 Å². The molecule has 19 heavy (non-hydrogen) atoms. The molecule has 0 aliphatic heterocycles. The molecule has 2 aromatic rings. The zero-order chi connectivity index (χ0) is 13.7. The fourth-order valence-corrected chi connectivity index (χ4v) is 1.62. The van der Waals surface area contributed by atoms with E-state index in [0.29, 0.717) is 0 Å². The van der Waals surface area contributed by atoms with Gasteiger partial charge in [-0.05, 0) is 17.7 Å². The molecule has 0 unspecified atom stereocenters. The van der Waals surface area contributed by atoms with Crippen LogP contribution in [0.1, 0.15) is 11.1 Å². The Morgan fingerprint density at radius 3 is 2.68 bits per heavy atom. The molecular formula is C14H12F2N2O. The maximum atomic E-state index is 13.4. The van der Waals surface area contributed by atoms with Crippen molar-refractivity contribution < 1.29 is 13.5 Å². The number of rotatable bonds is 4. The van der Waals surface area contributed by atoms with E-state index in [0.717, 1.165) is 23.3 Å². The Balaban J connectivity index is 2.14. The van der Waals surface area contributed by atoms with Crippen LogP contribution in [0.3, 0.4) is 0 Å². The van der Waals surface area contributed by atoms with Gasteiger partial charge in [0.05, 0.1) is 6.21 Å². The minimum absolute atomic E-state index is 0.000824. The first-order valence-electron chi connectivity index (χ1n) is 5.59. The summed E-state index contributed by atoms with van der Waals surface area (Å²) in [6.07, 6.45) is 1.49. The molecule has 3 nitrogen and oxygen atoms in total. The predicted molar refractivity (Wildman–Crippen MR) is 68.9 cm³/mol. The summed E-state index contributed by atoms with van der Waals surface area (Å²) in [5.41, 5.74) is 1.59. The van der Waals surface area contributed by atoms with Crippen LogP contribution >= 0.6 is 0 Å². The lowest BCUT2D eigenvalue weighted by molar-refractivity contribution is 0.289. The fraction of sp³-hybridized carbons (Fsp3) is 0.0714. The van der Waals surface area contributed by atoms with Gasteiger partial charge in [0.2, 0.25) is 0 Å². The Bertz CT molecular complexity index is 600. The van der Waals surface area contributed by atoms with Crippen LogP contribution in [0.5, 0.6) is 5.75 Å². The Morgan fingerprint density at radius 2 is 1.95 bits per heavy atom. The van der Waals surface area contributed by atoms with E-state index in [2.05, 4.69) is 5.10 Å². The number of hydrogen-bond acceptors (Lipinski definition) is 3. The average molecular weight is 262 g/mol. The number of halogens is 2. The number of hydrazone groups is 1. The first-order chi connectivity index (χ1) is 9.20. The van der Waals surface area contributed by atoms with E-state index in [-0.39, 0.29) is 12.4 Å². The van der Waals surface area contributed by atoms with E-state index in [4.69, 9.17) is 10.6 Å². The number of ether oxygens (including phenoxy) is 1. The second kappa shape index (κ2) is 5.95. The van der Waals surface area contributed by atoms with Crippen molar-refractivity contribution in [2.24, 2.45) is 10.9 Å². The van der Waals surface area contributed by atoms with Crippen molar-refractivity contribution >= 4 is 6.21 Å². The monoisotopic (exact) mass is 262 g/mol. The maximum Gasteiger partial charge on any atom is 0.167 e. The number of nitrogens with two attached hydrogens (primary N) is 1. The Labute approximate surface area is 109 Å². The van der Waals surface area contributed by atoms with Crippen LogP contribution in [0, 0.1) is 11.6 Å². The summed E-state index contributed by atoms with van der Waals surface area (Å²) in [5.74, 6) is 3.74. The molecule has 0 aromatic heterocycles. The van der Waals surface area contributed by atoms with Crippen molar-refractivity contribution in [2.75, 3.05) is 0 Å². The van der Waals surface area contributed by atoms with Gasteiger partial charge in [0, 0.05) is 11.6 Å². The van der Waals surface area contributed by atoms with Crippen LogP contribution in [0.15, 0.2) is 47.6 Å². The van der Waals surface area contributed by atoms with E-state index < -0.39 is 11.6 Å². The molecule has 0 aliphatic carbocycles. The normalized spacial score (nSPS) is 10.8. The molecule has 0 atom stereocenters. The van der Waals surface area contributed by atoms with E-state index in [1.54, 1.807) is 0 Å². The van der Waals surface area contributed by atoms with Gasteiger partial charge in [0.25, 0.3) is 0 Å². The lowest BCUT2D eigenvalue weighted by atomic mass is 10.1.